The van der Waals surface area contributed by atoms with Crippen molar-refractivity contribution in [2.75, 3.05) is 18.0 Å². The number of piperidine rings is 1. The van der Waals surface area contributed by atoms with Gasteiger partial charge in [-0.1, -0.05) is 13.0 Å². The number of H-pyrrole nitrogens is 1. The molecule has 1 aliphatic heterocycles. The molecule has 1 fully saturated rings. The van der Waals surface area contributed by atoms with Gasteiger partial charge in [0, 0.05) is 61.4 Å². The van der Waals surface area contributed by atoms with Gasteiger partial charge in [-0.05, 0) is 68.1 Å². The molecule has 9 heteroatoms. The highest BCUT2D eigenvalue weighted by molar-refractivity contribution is 5.82. The third kappa shape index (κ3) is 5.30. The third-order valence-electron chi connectivity index (χ3n) is 6.87. The molecule has 4 aromatic rings. The quantitative estimate of drug-likeness (QED) is 0.416. The van der Waals surface area contributed by atoms with E-state index in [1.165, 1.54) is 5.56 Å². The number of nitrogens with one attached hydrogen (secondary N) is 2. The first kappa shape index (κ1) is 23.7. The van der Waals surface area contributed by atoms with Gasteiger partial charge in [0.05, 0.1) is 5.69 Å². The minimum absolute atomic E-state index is 0.0881. The largest absolute Gasteiger partial charge is 0.357 e. The van der Waals surface area contributed by atoms with Gasteiger partial charge in [0.1, 0.15) is 5.82 Å². The number of pyridine rings is 2. The molecule has 9 nitrogen and oxygen atoms in total. The number of rotatable bonds is 7. The lowest BCUT2D eigenvalue weighted by Gasteiger charge is -2.39. The van der Waals surface area contributed by atoms with Crippen molar-refractivity contribution in [1.29, 1.82) is 0 Å². The summed E-state index contributed by atoms with van der Waals surface area (Å²) in [6.45, 7) is 8.21. The molecular formula is C27H32N8O. The Kier molecular flexibility index (Phi) is 6.54. The van der Waals surface area contributed by atoms with Crippen LogP contribution in [0.15, 0.2) is 55.0 Å². The van der Waals surface area contributed by atoms with Gasteiger partial charge in [-0.25, -0.2) is 14.6 Å². The van der Waals surface area contributed by atoms with Crippen molar-refractivity contribution in [3.8, 4) is 5.82 Å². The van der Waals surface area contributed by atoms with Crippen molar-refractivity contribution in [2.45, 2.75) is 46.6 Å². The molecule has 2 N–H and O–H groups in total. The van der Waals surface area contributed by atoms with Crippen LogP contribution < -0.4 is 10.2 Å². The van der Waals surface area contributed by atoms with Crippen LogP contribution in [0.25, 0.3) is 5.82 Å². The molecule has 0 radical (unpaired) electrons. The first-order valence-electron chi connectivity index (χ1n) is 12.3. The smallest absolute Gasteiger partial charge is 0.226 e. The molecule has 0 saturated carbocycles. The fourth-order valence-corrected chi connectivity index (χ4v) is 4.64. The van der Waals surface area contributed by atoms with Crippen LogP contribution in [0.3, 0.4) is 0 Å². The molecule has 5 rings (SSSR count). The van der Waals surface area contributed by atoms with E-state index in [-0.39, 0.29) is 5.91 Å². The van der Waals surface area contributed by atoms with Gasteiger partial charge in [0.25, 0.3) is 0 Å². The van der Waals surface area contributed by atoms with Crippen molar-refractivity contribution in [2.24, 2.45) is 5.41 Å². The van der Waals surface area contributed by atoms with Crippen LogP contribution in [0, 0.1) is 19.3 Å². The number of aryl methyl sites for hydroxylation is 2. The summed E-state index contributed by atoms with van der Waals surface area (Å²) in [4.78, 5) is 24.8. The van der Waals surface area contributed by atoms with Gasteiger partial charge >= 0.3 is 0 Å². The standard InChI is InChI=1S/C27H32N8O/c1-19-13-22(16-23-15-20(2)32-33-23)31-25(14-19)34-11-7-27(3,8-12-34)26(36)29-18-21-5-6-24(28-17-21)35-10-4-9-30-35/h4-6,9-10,13-15,17H,7-8,11-12,16,18H2,1-3H3,(H,29,36)(H,32,33). The highest BCUT2D eigenvalue weighted by Crippen LogP contribution is 2.33. The predicted octanol–water partition coefficient (Wildman–Crippen LogP) is 3.52. The molecule has 0 bridgehead atoms. The van der Waals surface area contributed by atoms with Gasteiger partial charge in [-0.3, -0.25) is 9.89 Å². The van der Waals surface area contributed by atoms with Crippen molar-refractivity contribution < 1.29 is 4.79 Å². The average molecular weight is 485 g/mol. The van der Waals surface area contributed by atoms with Crippen LogP contribution in [0.1, 0.15) is 48.0 Å². The minimum atomic E-state index is -0.405. The number of aromatic nitrogens is 6. The Morgan fingerprint density at radius 3 is 2.61 bits per heavy atom. The molecule has 36 heavy (non-hydrogen) atoms. The second-order valence-corrected chi connectivity index (χ2v) is 9.92. The van der Waals surface area contributed by atoms with E-state index in [0.717, 1.165) is 60.2 Å². The first-order chi connectivity index (χ1) is 17.4. The number of hydrogen-bond donors (Lipinski definition) is 2. The first-order valence-corrected chi connectivity index (χ1v) is 12.3. The Balaban J connectivity index is 1.17. The van der Waals surface area contributed by atoms with E-state index in [9.17, 15) is 4.79 Å². The minimum Gasteiger partial charge on any atom is -0.357 e. The number of anilines is 1. The van der Waals surface area contributed by atoms with Crippen LogP contribution in [-0.2, 0) is 17.8 Å². The summed E-state index contributed by atoms with van der Waals surface area (Å²) in [5.41, 5.74) is 4.79. The Morgan fingerprint density at radius 2 is 1.94 bits per heavy atom. The van der Waals surface area contributed by atoms with Gasteiger partial charge in [-0.2, -0.15) is 10.2 Å². The molecule has 4 aromatic heterocycles. The maximum atomic E-state index is 13.1. The molecule has 0 spiro atoms. The van der Waals surface area contributed by atoms with E-state index >= 15 is 0 Å². The third-order valence-corrected chi connectivity index (χ3v) is 6.87. The Hall–Kier alpha value is -4.01. The summed E-state index contributed by atoms with van der Waals surface area (Å²) in [6, 6.07) is 12.0. The number of nitrogens with zero attached hydrogens (tertiary/aromatic N) is 6. The maximum Gasteiger partial charge on any atom is 0.226 e. The highest BCUT2D eigenvalue weighted by Gasteiger charge is 2.37. The molecule has 0 unspecified atom stereocenters. The SMILES string of the molecule is Cc1cc(Cc2cc(C)[nH]n2)nc(N2CCC(C)(C(=O)NCc3ccc(-n4cccn4)nc3)CC2)c1. The molecule has 0 aliphatic carbocycles. The normalized spacial score (nSPS) is 15.1. The second-order valence-electron chi connectivity index (χ2n) is 9.92. The lowest BCUT2D eigenvalue weighted by Crippen LogP contribution is -2.47. The predicted molar refractivity (Wildman–Crippen MR) is 138 cm³/mol. The Labute approximate surface area is 211 Å². The van der Waals surface area contributed by atoms with Crippen molar-refractivity contribution in [3.05, 3.63) is 83.2 Å². The monoisotopic (exact) mass is 484 g/mol. The molecule has 186 valence electrons. The van der Waals surface area contributed by atoms with Gasteiger partial charge in [-0.15, -0.1) is 0 Å². The molecule has 0 atom stereocenters. The van der Waals surface area contributed by atoms with Gasteiger partial charge in [0.2, 0.25) is 5.91 Å². The Bertz CT molecular complexity index is 1320. The number of aromatic amines is 1. The van der Waals surface area contributed by atoms with Crippen LogP contribution in [-0.4, -0.2) is 48.9 Å². The van der Waals surface area contributed by atoms with E-state index in [1.807, 2.05) is 31.3 Å². The van der Waals surface area contributed by atoms with Crippen LogP contribution in [0.5, 0.6) is 0 Å². The Morgan fingerprint density at radius 1 is 1.11 bits per heavy atom. The number of hydrogen-bond acceptors (Lipinski definition) is 6. The zero-order valence-electron chi connectivity index (χ0n) is 21.0. The molecule has 1 saturated heterocycles. The van der Waals surface area contributed by atoms with Crippen LogP contribution in [0.2, 0.25) is 0 Å². The number of carbonyl (C=O) groups is 1. The number of amides is 1. The van der Waals surface area contributed by atoms with Crippen molar-refractivity contribution in [1.82, 2.24) is 35.3 Å². The molecule has 0 aromatic carbocycles. The molecule has 1 aliphatic rings. The molecule has 5 heterocycles. The fourth-order valence-electron chi connectivity index (χ4n) is 4.64. The molecular weight excluding hydrogens is 452 g/mol. The van der Waals surface area contributed by atoms with E-state index in [2.05, 4.69) is 62.5 Å². The van der Waals surface area contributed by atoms with Crippen LogP contribution >= 0.6 is 0 Å². The number of carbonyl (C=O) groups excluding carboxylic acids is 1. The van der Waals surface area contributed by atoms with Crippen LogP contribution in [0.4, 0.5) is 5.82 Å². The lowest BCUT2D eigenvalue weighted by molar-refractivity contribution is -0.131. The lowest BCUT2D eigenvalue weighted by atomic mass is 9.79. The van der Waals surface area contributed by atoms with E-state index < -0.39 is 5.41 Å². The fraction of sp³-hybridized carbons (Fsp3) is 0.370. The maximum absolute atomic E-state index is 13.1. The summed E-state index contributed by atoms with van der Waals surface area (Å²) in [5, 5.41) is 14.7. The van der Waals surface area contributed by atoms with E-state index in [4.69, 9.17) is 4.98 Å². The summed E-state index contributed by atoms with van der Waals surface area (Å²) in [5.74, 6) is 1.81. The van der Waals surface area contributed by atoms with Crippen molar-refractivity contribution in [3.63, 3.8) is 0 Å². The van der Waals surface area contributed by atoms with E-state index in [0.29, 0.717) is 13.0 Å². The van der Waals surface area contributed by atoms with E-state index in [1.54, 1.807) is 17.1 Å². The summed E-state index contributed by atoms with van der Waals surface area (Å²) < 4.78 is 1.71. The van der Waals surface area contributed by atoms with Crippen molar-refractivity contribution >= 4 is 11.7 Å². The summed E-state index contributed by atoms with van der Waals surface area (Å²) in [7, 11) is 0. The zero-order valence-corrected chi connectivity index (χ0v) is 21.0. The zero-order chi connectivity index (χ0) is 25.1. The molecule has 1 amide bonds. The summed E-state index contributed by atoms with van der Waals surface area (Å²) in [6.07, 6.45) is 7.61. The summed E-state index contributed by atoms with van der Waals surface area (Å²) >= 11 is 0. The highest BCUT2D eigenvalue weighted by atomic mass is 16.2. The second kappa shape index (κ2) is 9.93. The van der Waals surface area contributed by atoms with Gasteiger partial charge in [0.15, 0.2) is 5.82 Å². The van der Waals surface area contributed by atoms with Gasteiger partial charge < -0.3 is 10.2 Å². The average Bonchev–Trinajstić information content (AvgIpc) is 3.55. The topological polar surface area (TPSA) is 105 Å².